The van der Waals surface area contributed by atoms with Gasteiger partial charge in [0, 0.05) is 6.42 Å². The van der Waals surface area contributed by atoms with Gasteiger partial charge in [-0.05, 0) is 19.3 Å². The van der Waals surface area contributed by atoms with Gasteiger partial charge in [0.15, 0.2) is 5.78 Å². The number of carboxylic acid groups (broad SMARTS) is 1. The molecule has 0 fully saturated rings. The Morgan fingerprint density at radius 3 is 1.27 bits per heavy atom. The van der Waals surface area contributed by atoms with Gasteiger partial charge in [0.05, 0.1) is 0 Å². The van der Waals surface area contributed by atoms with Crippen molar-refractivity contribution in [3.63, 3.8) is 0 Å². The summed E-state index contributed by atoms with van der Waals surface area (Å²) in [5.41, 5.74) is -2.18. The summed E-state index contributed by atoms with van der Waals surface area (Å²) in [6.07, 6.45) is 22.5. The Bertz CT molecular complexity index is 421. The largest absolute Gasteiger partial charge is 0.479 e. The molecule has 0 aromatic carbocycles. The van der Waals surface area contributed by atoms with Crippen LogP contribution in [0.15, 0.2) is 0 Å². The average molecular weight is 427 g/mol. The van der Waals surface area contributed by atoms with Crippen molar-refractivity contribution in [3.8, 4) is 0 Å². The third kappa shape index (κ3) is 15.0. The number of rotatable bonds is 23. The highest BCUT2D eigenvalue weighted by Crippen LogP contribution is 2.21. The van der Waals surface area contributed by atoms with Crippen molar-refractivity contribution >= 4 is 11.8 Å². The molecule has 0 amide bonds. The molecule has 1 atom stereocenters. The highest BCUT2D eigenvalue weighted by atomic mass is 16.4. The minimum Gasteiger partial charge on any atom is -0.479 e. The number of aliphatic hydroxyl groups is 1. The number of unbranched alkanes of at least 4 members (excludes halogenated alkanes) is 17. The zero-order valence-electron chi connectivity index (χ0n) is 20.1. The van der Waals surface area contributed by atoms with Gasteiger partial charge in [0.2, 0.25) is 5.60 Å². The van der Waals surface area contributed by atoms with Crippen LogP contribution in [0.25, 0.3) is 0 Å². The predicted molar refractivity (Wildman–Crippen MR) is 126 cm³/mol. The Labute approximate surface area is 186 Å². The Morgan fingerprint density at radius 1 is 0.567 bits per heavy atom. The fourth-order valence-corrected chi connectivity index (χ4v) is 4.04. The van der Waals surface area contributed by atoms with Crippen LogP contribution in [0.3, 0.4) is 0 Å². The van der Waals surface area contributed by atoms with Crippen molar-refractivity contribution in [2.75, 3.05) is 0 Å². The molecule has 0 heterocycles. The highest BCUT2D eigenvalue weighted by molar-refractivity contribution is 6.06. The van der Waals surface area contributed by atoms with Gasteiger partial charge in [0.25, 0.3) is 0 Å². The molecular weight excluding hydrogens is 376 g/mol. The molecule has 0 aliphatic carbocycles. The third-order valence-corrected chi connectivity index (χ3v) is 6.21. The molecule has 0 bridgehead atoms. The highest BCUT2D eigenvalue weighted by Gasteiger charge is 2.42. The van der Waals surface area contributed by atoms with E-state index in [0.29, 0.717) is 12.8 Å². The number of carbonyl (C=O) groups is 2. The second-order valence-electron chi connectivity index (χ2n) is 9.10. The molecule has 0 aliphatic rings. The van der Waals surface area contributed by atoms with E-state index in [1.807, 2.05) is 0 Å². The molecule has 0 aliphatic heterocycles. The van der Waals surface area contributed by atoms with Crippen LogP contribution in [0.4, 0.5) is 0 Å². The molecule has 0 spiro atoms. The zero-order chi connectivity index (χ0) is 22.5. The fraction of sp³-hybridized carbons (Fsp3) is 0.923. The smallest absolute Gasteiger partial charge is 0.343 e. The van der Waals surface area contributed by atoms with Gasteiger partial charge in [-0.3, -0.25) is 4.79 Å². The first-order chi connectivity index (χ1) is 14.5. The van der Waals surface area contributed by atoms with Crippen LogP contribution < -0.4 is 0 Å². The summed E-state index contributed by atoms with van der Waals surface area (Å²) in [5, 5.41) is 19.6. The second-order valence-corrected chi connectivity index (χ2v) is 9.10. The second kappa shape index (κ2) is 20.0. The molecule has 0 aromatic heterocycles. The predicted octanol–water partition coefficient (Wildman–Crippen LogP) is 7.60. The molecule has 4 heteroatoms. The van der Waals surface area contributed by atoms with Crippen LogP contribution >= 0.6 is 0 Å². The maximum absolute atomic E-state index is 12.3. The number of hydrogen-bond acceptors (Lipinski definition) is 3. The molecule has 0 radical (unpaired) electrons. The van der Waals surface area contributed by atoms with E-state index in [0.717, 1.165) is 32.1 Å². The quantitative estimate of drug-likeness (QED) is 0.130. The molecule has 30 heavy (non-hydrogen) atoms. The zero-order valence-corrected chi connectivity index (χ0v) is 20.1. The molecule has 1 unspecified atom stereocenters. The van der Waals surface area contributed by atoms with E-state index >= 15 is 0 Å². The van der Waals surface area contributed by atoms with E-state index in [4.69, 9.17) is 0 Å². The summed E-state index contributed by atoms with van der Waals surface area (Å²) in [7, 11) is 0. The van der Waals surface area contributed by atoms with E-state index in [1.165, 1.54) is 77.0 Å². The maximum Gasteiger partial charge on any atom is 0.343 e. The number of hydrogen-bond donors (Lipinski definition) is 2. The first kappa shape index (κ1) is 29.1. The van der Waals surface area contributed by atoms with Crippen molar-refractivity contribution in [1.29, 1.82) is 0 Å². The van der Waals surface area contributed by atoms with E-state index in [-0.39, 0.29) is 12.8 Å². The van der Waals surface area contributed by atoms with Crippen molar-refractivity contribution in [1.82, 2.24) is 0 Å². The normalized spacial score (nSPS) is 13.3. The Kier molecular flexibility index (Phi) is 19.4. The van der Waals surface area contributed by atoms with Gasteiger partial charge < -0.3 is 10.2 Å². The summed E-state index contributed by atoms with van der Waals surface area (Å²) >= 11 is 0. The molecule has 178 valence electrons. The van der Waals surface area contributed by atoms with Gasteiger partial charge >= 0.3 is 5.97 Å². The third-order valence-electron chi connectivity index (χ3n) is 6.21. The minimum atomic E-state index is -2.18. The summed E-state index contributed by atoms with van der Waals surface area (Å²) in [6, 6.07) is 0. The summed E-state index contributed by atoms with van der Waals surface area (Å²) in [4.78, 5) is 23.7. The lowest BCUT2D eigenvalue weighted by molar-refractivity contribution is -0.166. The number of Topliss-reactive ketones (excluding diaryl/α,β-unsaturated/α-hetero) is 1. The molecule has 0 saturated heterocycles. The number of aliphatic carboxylic acids is 1. The summed E-state index contributed by atoms with van der Waals surface area (Å²) < 4.78 is 0. The molecule has 0 aromatic rings. The minimum absolute atomic E-state index is 0.0416. The van der Waals surface area contributed by atoms with Crippen LogP contribution in [-0.2, 0) is 9.59 Å². The Balaban J connectivity index is 3.63. The lowest BCUT2D eigenvalue weighted by atomic mass is 9.88. The maximum atomic E-state index is 12.3. The van der Waals surface area contributed by atoms with Crippen molar-refractivity contribution in [2.24, 2.45) is 0 Å². The number of carbonyl (C=O) groups excluding carboxylic acids is 1. The van der Waals surface area contributed by atoms with E-state index in [2.05, 4.69) is 13.8 Å². The van der Waals surface area contributed by atoms with Gasteiger partial charge in [-0.15, -0.1) is 0 Å². The van der Waals surface area contributed by atoms with Crippen molar-refractivity contribution in [2.45, 2.75) is 154 Å². The van der Waals surface area contributed by atoms with Crippen molar-refractivity contribution < 1.29 is 19.8 Å². The van der Waals surface area contributed by atoms with Crippen LogP contribution in [0.5, 0.6) is 0 Å². The van der Waals surface area contributed by atoms with Crippen LogP contribution in [0.2, 0.25) is 0 Å². The molecule has 4 nitrogen and oxygen atoms in total. The SMILES string of the molecule is CCCCCCCCCCCCCCCCCC(=O)C(O)(CCCCCC)C(=O)O. The van der Waals surface area contributed by atoms with Crippen molar-refractivity contribution in [3.05, 3.63) is 0 Å². The van der Waals surface area contributed by atoms with Crippen LogP contribution in [-0.4, -0.2) is 27.6 Å². The molecular formula is C26H50O4. The van der Waals surface area contributed by atoms with Gasteiger partial charge in [-0.1, -0.05) is 123 Å². The lowest BCUT2D eigenvalue weighted by Crippen LogP contribution is -2.46. The van der Waals surface area contributed by atoms with Crippen LogP contribution in [0.1, 0.15) is 149 Å². The summed E-state index contributed by atoms with van der Waals surface area (Å²) in [6.45, 7) is 4.33. The van der Waals surface area contributed by atoms with Gasteiger partial charge in [-0.2, -0.15) is 0 Å². The topological polar surface area (TPSA) is 74.6 Å². The van der Waals surface area contributed by atoms with Gasteiger partial charge in [0.1, 0.15) is 0 Å². The summed E-state index contributed by atoms with van der Waals surface area (Å²) in [5.74, 6) is -1.90. The first-order valence-corrected chi connectivity index (χ1v) is 13.0. The molecule has 0 saturated carbocycles. The van der Waals surface area contributed by atoms with E-state index in [1.54, 1.807) is 0 Å². The van der Waals surface area contributed by atoms with Gasteiger partial charge in [-0.25, -0.2) is 4.79 Å². The van der Waals surface area contributed by atoms with Crippen LogP contribution in [0, 0.1) is 0 Å². The number of ketones is 1. The molecule has 0 rings (SSSR count). The monoisotopic (exact) mass is 426 g/mol. The average Bonchev–Trinajstić information content (AvgIpc) is 2.73. The Morgan fingerprint density at radius 2 is 0.900 bits per heavy atom. The lowest BCUT2D eigenvalue weighted by Gasteiger charge is -2.22. The van der Waals surface area contributed by atoms with E-state index in [9.17, 15) is 19.8 Å². The Hall–Kier alpha value is -0.900. The standard InChI is InChI=1S/C26H50O4/c1-3-5-7-9-10-11-12-13-14-15-16-17-18-19-20-22-24(27)26(30,25(28)29)23-21-8-6-4-2/h30H,3-23H2,1-2H3,(H,28,29). The van der Waals surface area contributed by atoms with E-state index < -0.39 is 17.4 Å². The first-order valence-electron chi connectivity index (χ1n) is 13.0. The fourth-order valence-electron chi connectivity index (χ4n) is 4.04. The molecule has 2 N–H and O–H groups in total. The number of carboxylic acids is 1.